The average molecular weight is 511 g/mol. The van der Waals surface area contributed by atoms with Crippen molar-refractivity contribution in [3.05, 3.63) is 41.0 Å². The Kier molecular flexibility index (Phi) is 8.26. The van der Waals surface area contributed by atoms with E-state index in [2.05, 4.69) is 28.8 Å². The fourth-order valence-electron chi connectivity index (χ4n) is 3.71. The highest BCUT2D eigenvalue weighted by Crippen LogP contribution is 2.33. The lowest BCUT2D eigenvalue weighted by Gasteiger charge is -2.28. The molecular formula is C23H29F3N6O2S. The molecule has 3 aromatic rings. The van der Waals surface area contributed by atoms with Crippen LogP contribution in [0.2, 0.25) is 0 Å². The normalized spacial score (nSPS) is 13.3. The van der Waals surface area contributed by atoms with Gasteiger partial charge < -0.3 is 19.5 Å². The summed E-state index contributed by atoms with van der Waals surface area (Å²) in [5, 5.41) is 9.60. The standard InChI is InChI=1S/C20H21F3N6O2S.C3H8/c1-27(2)18(31)12-8-24-19(26-17(12)20(21,22)23)28-4-5-29-14-7-15(32-3)11(10-30)6-13(14)25-16(29)9-28;1-3-2/h6-8,30H,4-5,9-10H2,1-3H3;3H2,1-2H3. The zero-order chi connectivity index (χ0) is 25.9. The van der Waals surface area contributed by atoms with Crippen LogP contribution in [0.25, 0.3) is 11.0 Å². The van der Waals surface area contributed by atoms with Crippen LogP contribution in [0.3, 0.4) is 0 Å². The number of aromatic nitrogens is 4. The van der Waals surface area contributed by atoms with Crippen LogP contribution < -0.4 is 4.90 Å². The van der Waals surface area contributed by atoms with Crippen LogP contribution in [-0.2, 0) is 25.9 Å². The van der Waals surface area contributed by atoms with Gasteiger partial charge in [0.1, 0.15) is 5.82 Å². The van der Waals surface area contributed by atoms with Crippen LogP contribution in [-0.4, -0.2) is 62.3 Å². The van der Waals surface area contributed by atoms with Crippen molar-refractivity contribution >= 4 is 34.7 Å². The van der Waals surface area contributed by atoms with E-state index in [-0.39, 0.29) is 19.1 Å². The summed E-state index contributed by atoms with van der Waals surface area (Å²) >= 11 is 1.53. The number of carbonyl (C=O) groups excluding carboxylic acids is 1. The maximum atomic E-state index is 13.6. The van der Waals surface area contributed by atoms with E-state index >= 15 is 0 Å². The summed E-state index contributed by atoms with van der Waals surface area (Å²) in [6, 6.07) is 3.80. The Hall–Kier alpha value is -2.86. The van der Waals surface area contributed by atoms with Crippen molar-refractivity contribution in [2.45, 2.75) is 51.0 Å². The number of benzene rings is 1. The Morgan fingerprint density at radius 1 is 1.20 bits per heavy atom. The molecule has 0 bridgehead atoms. The smallest absolute Gasteiger partial charge is 0.392 e. The summed E-state index contributed by atoms with van der Waals surface area (Å²) in [5.74, 6) is -0.251. The van der Waals surface area contributed by atoms with Gasteiger partial charge in [-0.15, -0.1) is 11.8 Å². The van der Waals surface area contributed by atoms with Gasteiger partial charge in [0.15, 0.2) is 5.69 Å². The van der Waals surface area contributed by atoms with Crippen LogP contribution >= 0.6 is 11.8 Å². The number of carbonyl (C=O) groups is 1. The number of aliphatic hydroxyl groups excluding tert-OH is 1. The van der Waals surface area contributed by atoms with E-state index in [1.165, 1.54) is 32.3 Å². The second kappa shape index (κ2) is 10.8. The largest absolute Gasteiger partial charge is 0.434 e. The zero-order valence-corrected chi connectivity index (χ0v) is 21.2. The number of rotatable bonds is 4. The number of nitrogens with zero attached hydrogens (tertiary/aromatic N) is 6. The van der Waals surface area contributed by atoms with Gasteiger partial charge in [0, 0.05) is 38.3 Å². The minimum atomic E-state index is -4.80. The van der Waals surface area contributed by atoms with Gasteiger partial charge in [-0.2, -0.15) is 13.2 Å². The van der Waals surface area contributed by atoms with E-state index in [0.29, 0.717) is 24.4 Å². The SMILES string of the molecule is CCC.CSc1cc2c(cc1CO)nc1n2CCN(c2ncc(C(=O)N(C)C)c(C(F)(F)F)n2)C1. The predicted octanol–water partition coefficient (Wildman–Crippen LogP) is 4.20. The van der Waals surface area contributed by atoms with Gasteiger partial charge in [-0.25, -0.2) is 15.0 Å². The maximum Gasteiger partial charge on any atom is 0.434 e. The first-order valence-corrected chi connectivity index (χ1v) is 12.4. The molecule has 0 spiro atoms. The lowest BCUT2D eigenvalue weighted by Crippen LogP contribution is -2.36. The van der Waals surface area contributed by atoms with E-state index in [9.17, 15) is 23.1 Å². The monoisotopic (exact) mass is 510 g/mol. The number of hydrogen-bond acceptors (Lipinski definition) is 7. The quantitative estimate of drug-likeness (QED) is 0.527. The molecule has 4 rings (SSSR count). The minimum Gasteiger partial charge on any atom is -0.392 e. The number of fused-ring (bicyclic) bond motifs is 3. The van der Waals surface area contributed by atoms with Gasteiger partial charge in [0.2, 0.25) is 5.95 Å². The summed E-state index contributed by atoms with van der Waals surface area (Å²) in [4.78, 5) is 28.2. The van der Waals surface area contributed by atoms with E-state index < -0.39 is 23.3 Å². The summed E-state index contributed by atoms with van der Waals surface area (Å²) in [6.07, 6.45) is -0.685. The highest BCUT2D eigenvalue weighted by atomic mass is 32.2. The highest BCUT2D eigenvalue weighted by molar-refractivity contribution is 7.98. The second-order valence-corrected chi connectivity index (χ2v) is 9.10. The molecule has 1 aliphatic heterocycles. The van der Waals surface area contributed by atoms with Crippen LogP contribution in [0.5, 0.6) is 0 Å². The molecule has 1 aromatic carbocycles. The fraction of sp³-hybridized carbons (Fsp3) is 0.478. The lowest BCUT2D eigenvalue weighted by molar-refractivity contribution is -0.141. The zero-order valence-electron chi connectivity index (χ0n) is 20.3. The third-order valence-corrected chi connectivity index (χ3v) is 6.11. The Labute approximate surface area is 206 Å². The van der Waals surface area contributed by atoms with E-state index in [1.54, 1.807) is 4.90 Å². The van der Waals surface area contributed by atoms with Crippen molar-refractivity contribution in [1.82, 2.24) is 24.4 Å². The van der Waals surface area contributed by atoms with Gasteiger partial charge in [-0.05, 0) is 24.0 Å². The van der Waals surface area contributed by atoms with Gasteiger partial charge in [0.05, 0.1) is 29.7 Å². The molecule has 3 heterocycles. The second-order valence-electron chi connectivity index (χ2n) is 8.25. The third-order valence-electron chi connectivity index (χ3n) is 5.29. The molecule has 0 atom stereocenters. The van der Waals surface area contributed by atoms with Crippen LogP contribution in [0.4, 0.5) is 19.1 Å². The topological polar surface area (TPSA) is 87.4 Å². The number of anilines is 1. The van der Waals surface area contributed by atoms with Gasteiger partial charge in [-0.1, -0.05) is 20.3 Å². The number of amides is 1. The maximum absolute atomic E-state index is 13.6. The number of halogens is 3. The van der Waals surface area contributed by atoms with Crippen LogP contribution in [0, 0.1) is 0 Å². The van der Waals surface area contributed by atoms with Crippen LogP contribution in [0.1, 0.15) is 47.7 Å². The van der Waals surface area contributed by atoms with Gasteiger partial charge in [0.25, 0.3) is 5.91 Å². The number of aliphatic hydroxyl groups is 1. The Morgan fingerprint density at radius 2 is 1.89 bits per heavy atom. The van der Waals surface area contributed by atoms with Crippen molar-refractivity contribution in [3.8, 4) is 0 Å². The van der Waals surface area contributed by atoms with Crippen molar-refractivity contribution < 1.29 is 23.1 Å². The first kappa shape index (κ1) is 26.7. The van der Waals surface area contributed by atoms with Gasteiger partial charge in [-0.3, -0.25) is 4.79 Å². The van der Waals surface area contributed by atoms with Crippen LogP contribution in [0.15, 0.2) is 23.2 Å². The number of hydrogen-bond donors (Lipinski definition) is 1. The van der Waals surface area contributed by atoms with Crippen molar-refractivity contribution in [2.24, 2.45) is 0 Å². The summed E-state index contributed by atoms with van der Waals surface area (Å²) in [5.41, 5.74) is 0.559. The fourth-order valence-corrected chi connectivity index (χ4v) is 4.32. The van der Waals surface area contributed by atoms with Crippen molar-refractivity contribution in [1.29, 1.82) is 0 Å². The number of alkyl halides is 3. The average Bonchev–Trinajstić information content (AvgIpc) is 3.18. The summed E-state index contributed by atoms with van der Waals surface area (Å²) < 4.78 is 42.9. The predicted molar refractivity (Wildman–Crippen MR) is 130 cm³/mol. The lowest BCUT2D eigenvalue weighted by atomic mass is 10.2. The molecule has 0 unspecified atom stereocenters. The molecule has 0 fully saturated rings. The molecule has 12 heteroatoms. The van der Waals surface area contributed by atoms with E-state index in [0.717, 1.165) is 27.1 Å². The Balaban J connectivity index is 0.00000108. The van der Waals surface area contributed by atoms with E-state index in [1.807, 2.05) is 23.0 Å². The number of imidazole rings is 1. The molecule has 1 amide bonds. The molecular weight excluding hydrogens is 481 g/mol. The van der Waals surface area contributed by atoms with E-state index in [4.69, 9.17) is 0 Å². The molecule has 2 aromatic heterocycles. The van der Waals surface area contributed by atoms with Crippen molar-refractivity contribution in [3.63, 3.8) is 0 Å². The molecule has 0 saturated heterocycles. The first-order chi connectivity index (χ1) is 16.5. The Morgan fingerprint density at radius 3 is 2.46 bits per heavy atom. The summed E-state index contributed by atoms with van der Waals surface area (Å²) in [7, 11) is 2.74. The molecule has 0 saturated carbocycles. The van der Waals surface area contributed by atoms with Gasteiger partial charge >= 0.3 is 6.18 Å². The minimum absolute atomic E-state index is 0.105. The molecule has 0 radical (unpaired) electrons. The molecule has 1 aliphatic rings. The third kappa shape index (κ3) is 5.53. The molecule has 0 aliphatic carbocycles. The van der Waals surface area contributed by atoms with Crippen molar-refractivity contribution in [2.75, 3.05) is 31.8 Å². The highest BCUT2D eigenvalue weighted by Gasteiger charge is 2.39. The number of thioether (sulfide) groups is 1. The molecule has 8 nitrogen and oxygen atoms in total. The molecule has 35 heavy (non-hydrogen) atoms. The summed E-state index contributed by atoms with van der Waals surface area (Å²) in [6.45, 7) is 5.23. The first-order valence-electron chi connectivity index (χ1n) is 11.1. The Bertz CT molecular complexity index is 1210. The molecule has 190 valence electrons. The molecule has 1 N–H and O–H groups in total.